The molecule has 76 heavy (non-hydrogen) atoms. The summed E-state index contributed by atoms with van der Waals surface area (Å²) in [6.07, 6.45) is -11.3. The number of halogens is 6. The number of piperidine rings is 2. The number of nitrogens with one attached hydrogen (secondary N) is 3. The summed E-state index contributed by atoms with van der Waals surface area (Å²) >= 11 is 0. The van der Waals surface area contributed by atoms with Crippen molar-refractivity contribution in [3.05, 3.63) is 146 Å². The van der Waals surface area contributed by atoms with Crippen molar-refractivity contribution >= 4 is 49.1 Å². The van der Waals surface area contributed by atoms with Crippen molar-refractivity contribution in [2.45, 2.75) is 65.8 Å². The van der Waals surface area contributed by atoms with Crippen LogP contribution in [0.3, 0.4) is 0 Å². The van der Waals surface area contributed by atoms with Crippen LogP contribution in [-0.2, 0) is 24.8 Å². The highest BCUT2D eigenvalue weighted by atomic mass is 32.2. The number of alkyl halides is 6. The smallest absolute Gasteiger partial charge is 0.453 e. The molecule has 0 aliphatic carbocycles. The molecule has 404 valence electrons. The molecule has 4 aliphatic rings. The highest BCUT2D eigenvalue weighted by molar-refractivity contribution is 7.89. The van der Waals surface area contributed by atoms with Crippen LogP contribution in [0.25, 0.3) is 0 Å². The number of carbonyl (C=O) groups excluding carboxylic acids is 1. The van der Waals surface area contributed by atoms with E-state index in [1.165, 1.54) is 6.92 Å². The first-order valence-electron chi connectivity index (χ1n) is 23.3. The van der Waals surface area contributed by atoms with Crippen molar-refractivity contribution in [3.8, 4) is 34.5 Å². The monoisotopic (exact) mass is 1100 g/mol. The predicted molar refractivity (Wildman–Crippen MR) is 266 cm³/mol. The second-order valence-corrected chi connectivity index (χ2v) is 21.0. The molecule has 0 unspecified atom stereocenters. The summed E-state index contributed by atoms with van der Waals surface area (Å²) in [5.74, 6) is 1.36. The van der Waals surface area contributed by atoms with E-state index < -0.39 is 80.6 Å². The molecule has 4 aliphatic heterocycles. The second-order valence-electron chi connectivity index (χ2n) is 17.5. The summed E-state index contributed by atoms with van der Waals surface area (Å²) in [5, 5.41) is 25.9. The number of ether oxygens (including phenoxy) is 4. The van der Waals surface area contributed by atoms with Crippen LogP contribution in [0.2, 0.25) is 0 Å². The largest absolute Gasteiger partial charge is 0.573 e. The number of likely N-dealkylation sites (N-methyl/N-ethyl adjacent to an activating group) is 1. The number of fused-ring (bicyclic) bond motifs is 4. The number of para-hydroxylation sites is 8. The van der Waals surface area contributed by atoms with Gasteiger partial charge in [-0.3, -0.25) is 0 Å². The van der Waals surface area contributed by atoms with Crippen molar-refractivity contribution in [2.24, 2.45) is 0 Å². The van der Waals surface area contributed by atoms with Crippen molar-refractivity contribution in [1.82, 2.24) is 19.7 Å². The molecule has 2 saturated heterocycles. The zero-order chi connectivity index (χ0) is 54.6. The van der Waals surface area contributed by atoms with Gasteiger partial charge in [-0.15, -0.1) is 26.3 Å². The van der Waals surface area contributed by atoms with Crippen molar-refractivity contribution in [3.63, 3.8) is 0 Å². The molecule has 10 rings (SSSR count). The molecule has 0 spiro atoms. The fourth-order valence-corrected chi connectivity index (χ4v) is 11.7. The number of rotatable bonds is 10. The fraction of sp³-hybridized carbons (Fsp3) is 0.275. The predicted octanol–water partition coefficient (Wildman–Crippen LogP) is 7.57. The average Bonchev–Trinajstić information content (AvgIpc) is 3.38. The Bertz CT molecular complexity index is 3120. The van der Waals surface area contributed by atoms with Gasteiger partial charge in [-0.05, 0) is 111 Å². The van der Waals surface area contributed by atoms with E-state index in [-0.39, 0.29) is 22.9 Å². The summed E-state index contributed by atoms with van der Waals surface area (Å²) in [4.78, 5) is 14.1. The summed E-state index contributed by atoms with van der Waals surface area (Å²) in [6.45, 7) is 2.62. The number of aldehydes is 1. The molecular formula is C51H50F6N6O11S2. The molecule has 6 atom stereocenters. The average molecular weight is 1100 g/mol. The molecular weight excluding hydrogens is 1050 g/mol. The molecule has 4 heterocycles. The minimum atomic E-state index is -4.89. The van der Waals surface area contributed by atoms with E-state index >= 15 is 0 Å². The zero-order valence-corrected chi connectivity index (χ0v) is 41.9. The Morgan fingerprint density at radius 3 is 1.28 bits per heavy atom. The normalized spacial score (nSPS) is 21.2. The van der Waals surface area contributed by atoms with Gasteiger partial charge in [0.25, 0.3) is 0 Å². The van der Waals surface area contributed by atoms with E-state index in [4.69, 9.17) is 14.3 Å². The van der Waals surface area contributed by atoms with Gasteiger partial charge in [-0.25, -0.2) is 26.3 Å². The van der Waals surface area contributed by atoms with Crippen LogP contribution in [0.4, 0.5) is 49.1 Å². The Hall–Kier alpha value is -6.97. The second kappa shape index (κ2) is 22.7. The standard InChI is InChI=1S/C25H24F3N3O5S.C24H22F3N3O5S.C2H4O/c1-30-14-18(29-37(33,34)17-12-10-16(11-13-17)36-25(26,27)28)24(32)21(15-30)31-19-6-2-4-8-22(19)35-23-9-5-3-7-20(23)31;25-24(26,27)35-15-9-11-16(12-10-15)36(32,33)29-17-13-28-14-20(23(17)31)30-18-5-1-3-7-21(18)34-22-8-4-2-6-19(22)30;1-2-3/h2-13,18,21,24,29,32H,14-15H2,1H3;1-12,17,20,23,28-29,31H,13-14H2;2H,1H3/t18-,21+,24+;17-,20+,23+;/m00./s1. The third-order valence-electron chi connectivity index (χ3n) is 12.3. The number of likely N-dealkylation sites (tertiary alicyclic amines) is 1. The van der Waals surface area contributed by atoms with Gasteiger partial charge < -0.3 is 54.0 Å². The Morgan fingerprint density at radius 2 is 0.895 bits per heavy atom. The summed E-state index contributed by atoms with van der Waals surface area (Å²) in [5.41, 5.74) is 2.93. The molecule has 6 aromatic carbocycles. The lowest BCUT2D eigenvalue weighted by Crippen LogP contribution is -2.64. The molecule has 6 aromatic rings. The van der Waals surface area contributed by atoms with Gasteiger partial charge in [0.15, 0.2) is 23.0 Å². The van der Waals surface area contributed by atoms with Crippen LogP contribution < -0.4 is 43.5 Å². The molecule has 25 heteroatoms. The van der Waals surface area contributed by atoms with Crippen LogP contribution in [0.1, 0.15) is 6.92 Å². The lowest BCUT2D eigenvalue weighted by Gasteiger charge is -2.47. The first-order chi connectivity index (χ1) is 36.1. The van der Waals surface area contributed by atoms with Gasteiger partial charge in [0.1, 0.15) is 17.8 Å². The number of aliphatic hydroxyl groups is 2. The first kappa shape index (κ1) is 55.3. The topological polar surface area (TPSA) is 209 Å². The number of hydrogen-bond donors (Lipinski definition) is 5. The van der Waals surface area contributed by atoms with E-state index in [0.717, 1.165) is 77.6 Å². The summed E-state index contributed by atoms with van der Waals surface area (Å²) in [6, 6.07) is 34.3. The maximum Gasteiger partial charge on any atom is 0.573 e. The number of benzene rings is 6. The fourth-order valence-electron chi connectivity index (χ4n) is 9.16. The van der Waals surface area contributed by atoms with E-state index in [1.807, 2.05) is 119 Å². The highest BCUT2D eigenvalue weighted by Gasteiger charge is 2.44. The SMILES string of the molecule is CC=O.CN1C[C@H](NS(=O)(=O)c2ccc(OC(F)(F)F)cc2)[C@@H](O)[C@H](N2c3ccccc3Oc3ccccc32)C1.O=S(=O)(N[C@H]1CNC[C@@H](N2c3ccccc3Oc3ccccc32)[C@@H]1O)c1ccc(OC(F)(F)F)cc1. The molecule has 0 saturated carbocycles. The maximum absolute atomic E-state index is 13.1. The van der Waals surface area contributed by atoms with Crippen LogP contribution in [0.15, 0.2) is 155 Å². The zero-order valence-electron chi connectivity index (χ0n) is 40.2. The third-order valence-corrected chi connectivity index (χ3v) is 15.3. The Balaban J connectivity index is 0.000000192. The third kappa shape index (κ3) is 12.8. The Morgan fingerprint density at radius 1 is 0.553 bits per heavy atom. The number of anilines is 4. The number of aliphatic hydroxyl groups excluding tert-OH is 2. The minimum Gasteiger partial charge on any atom is -0.453 e. The molecule has 0 amide bonds. The van der Waals surface area contributed by atoms with Gasteiger partial charge in [-0.2, -0.15) is 0 Å². The van der Waals surface area contributed by atoms with E-state index in [2.05, 4.69) is 24.2 Å². The Labute approximate surface area is 433 Å². The van der Waals surface area contributed by atoms with Crippen molar-refractivity contribution in [1.29, 1.82) is 0 Å². The molecule has 0 bridgehead atoms. The van der Waals surface area contributed by atoms with Crippen LogP contribution in [0.5, 0.6) is 34.5 Å². The van der Waals surface area contributed by atoms with Crippen LogP contribution in [0, 0.1) is 0 Å². The molecule has 5 N–H and O–H groups in total. The van der Waals surface area contributed by atoms with Gasteiger partial charge in [0, 0.05) is 26.2 Å². The van der Waals surface area contributed by atoms with Gasteiger partial charge in [0.05, 0.1) is 68.9 Å². The van der Waals surface area contributed by atoms with Crippen molar-refractivity contribution in [2.75, 3.05) is 43.0 Å². The van der Waals surface area contributed by atoms with Crippen molar-refractivity contribution < 1.29 is 77.1 Å². The number of carbonyl (C=O) groups is 1. The number of hydrogen-bond acceptors (Lipinski definition) is 15. The number of sulfonamides is 2. The summed E-state index contributed by atoms with van der Waals surface area (Å²) < 4.78 is 151. The van der Waals surface area contributed by atoms with Gasteiger partial charge >= 0.3 is 12.7 Å². The number of nitrogens with zero attached hydrogens (tertiary/aromatic N) is 3. The van der Waals surface area contributed by atoms with Gasteiger partial charge in [0.2, 0.25) is 20.0 Å². The maximum atomic E-state index is 13.1. The quantitative estimate of drug-likeness (QED) is 0.0663. The Kier molecular flexibility index (Phi) is 16.5. The lowest BCUT2D eigenvalue weighted by molar-refractivity contribution is -0.275. The van der Waals surface area contributed by atoms with E-state index in [0.29, 0.717) is 36.1 Å². The van der Waals surface area contributed by atoms with Crippen LogP contribution >= 0.6 is 0 Å². The van der Waals surface area contributed by atoms with Gasteiger partial charge in [-0.1, -0.05) is 48.5 Å². The van der Waals surface area contributed by atoms with Crippen LogP contribution in [-0.4, -0.2) is 121 Å². The van der Waals surface area contributed by atoms with E-state index in [9.17, 15) is 53.4 Å². The molecule has 2 fully saturated rings. The van der Waals surface area contributed by atoms with E-state index in [1.54, 1.807) is 0 Å². The first-order valence-corrected chi connectivity index (χ1v) is 26.2. The summed E-state index contributed by atoms with van der Waals surface area (Å²) in [7, 11) is -6.51. The highest BCUT2D eigenvalue weighted by Crippen LogP contribution is 2.50. The molecule has 0 radical (unpaired) electrons. The minimum absolute atomic E-state index is 0.153. The molecule has 17 nitrogen and oxygen atoms in total. The lowest BCUT2D eigenvalue weighted by atomic mass is 9.95. The molecule has 0 aromatic heterocycles.